The van der Waals surface area contributed by atoms with Crippen molar-refractivity contribution in [2.24, 2.45) is 0 Å². The second-order valence-corrected chi connectivity index (χ2v) is 4.62. The van der Waals surface area contributed by atoms with Gasteiger partial charge in [-0.2, -0.15) is 0 Å². The summed E-state index contributed by atoms with van der Waals surface area (Å²) in [5.41, 5.74) is 1.62. The molecule has 0 fully saturated rings. The third kappa shape index (κ3) is 3.30. The van der Waals surface area contributed by atoms with Crippen LogP contribution in [0.25, 0.3) is 0 Å². The van der Waals surface area contributed by atoms with E-state index in [9.17, 15) is 9.90 Å². The molecule has 0 atom stereocenters. The van der Waals surface area contributed by atoms with Crippen LogP contribution < -0.4 is 9.64 Å². The molecule has 1 N–H and O–H groups in total. The Kier molecular flexibility index (Phi) is 4.63. The van der Waals surface area contributed by atoms with Crippen LogP contribution in [0.15, 0.2) is 48.5 Å². The molecule has 0 saturated heterocycles. The molecule has 0 aliphatic heterocycles. The van der Waals surface area contributed by atoms with Crippen LogP contribution in [0.3, 0.4) is 0 Å². The van der Waals surface area contributed by atoms with Crippen LogP contribution in [0.1, 0.15) is 10.4 Å². The van der Waals surface area contributed by atoms with Crippen molar-refractivity contribution in [2.75, 3.05) is 17.5 Å². The smallest absolute Gasteiger partial charge is 0.258 e. The van der Waals surface area contributed by atoms with Crippen molar-refractivity contribution in [1.82, 2.24) is 0 Å². The number of nitrogens with zero attached hydrogens (tertiary/aromatic N) is 1. The lowest BCUT2D eigenvalue weighted by molar-refractivity contribution is 0.0992. The number of rotatable bonds is 4. The fourth-order valence-corrected chi connectivity index (χ4v) is 2.03. The van der Waals surface area contributed by atoms with E-state index in [1.54, 1.807) is 55.6 Å². The largest absolute Gasteiger partial charge is 0.508 e. The van der Waals surface area contributed by atoms with Gasteiger partial charge in [0, 0.05) is 18.3 Å². The number of amides is 1. The second kappa shape index (κ2) is 6.43. The molecule has 2 rings (SSSR count). The highest BCUT2D eigenvalue weighted by Crippen LogP contribution is 2.21. The molecule has 0 bridgehead atoms. The summed E-state index contributed by atoms with van der Waals surface area (Å²) in [5.74, 6) is 0.657. The molecule has 0 spiro atoms. The average molecular weight is 336 g/mol. The number of aromatic hydroxyl groups is 1. The maximum atomic E-state index is 12.4. The Balaban J connectivity index is 2.21. The molecule has 4 nitrogen and oxygen atoms in total. The van der Waals surface area contributed by atoms with Gasteiger partial charge in [-0.15, -0.1) is 0 Å². The normalized spacial score (nSPS) is 10.1. The van der Waals surface area contributed by atoms with Crippen molar-refractivity contribution in [1.29, 1.82) is 0 Å². The Labute approximate surface area is 125 Å². The number of halogens is 1. The molecule has 0 radical (unpaired) electrons. The number of phenols is 1. The Hall–Kier alpha value is -2.01. The average Bonchev–Trinajstić information content (AvgIpc) is 2.47. The van der Waals surface area contributed by atoms with Crippen LogP contribution in [0.2, 0.25) is 0 Å². The first-order valence-electron chi connectivity index (χ1n) is 5.97. The molecule has 0 unspecified atom stereocenters. The van der Waals surface area contributed by atoms with Crippen molar-refractivity contribution < 1.29 is 14.6 Å². The van der Waals surface area contributed by atoms with E-state index in [0.29, 0.717) is 22.5 Å². The van der Waals surface area contributed by atoms with Crippen LogP contribution in [0.5, 0.6) is 11.5 Å². The lowest BCUT2D eigenvalue weighted by Gasteiger charge is -2.17. The van der Waals surface area contributed by atoms with Gasteiger partial charge in [-0.3, -0.25) is 4.79 Å². The summed E-state index contributed by atoms with van der Waals surface area (Å²) in [6.45, 7) is 0. The van der Waals surface area contributed by atoms with E-state index in [2.05, 4.69) is 15.9 Å². The number of carbonyl (C=O) groups excluding carboxylic acids is 1. The van der Waals surface area contributed by atoms with Gasteiger partial charge in [0.2, 0.25) is 0 Å². The monoisotopic (exact) mass is 335 g/mol. The molecule has 20 heavy (non-hydrogen) atoms. The zero-order valence-electron chi connectivity index (χ0n) is 10.9. The highest BCUT2D eigenvalue weighted by atomic mass is 79.9. The Morgan fingerprint density at radius 1 is 1.25 bits per heavy atom. The Bertz CT molecular complexity index is 598. The predicted octanol–water partition coefficient (Wildman–Crippen LogP) is 3.40. The molecular weight excluding hydrogens is 322 g/mol. The zero-order chi connectivity index (χ0) is 14.5. The van der Waals surface area contributed by atoms with Crippen molar-refractivity contribution in [3.63, 3.8) is 0 Å². The van der Waals surface area contributed by atoms with Crippen LogP contribution >= 0.6 is 15.9 Å². The molecule has 0 aromatic heterocycles. The number of hydrogen-bond acceptors (Lipinski definition) is 3. The summed E-state index contributed by atoms with van der Waals surface area (Å²) in [6, 6.07) is 13.5. The van der Waals surface area contributed by atoms with E-state index in [0.717, 1.165) is 0 Å². The van der Waals surface area contributed by atoms with Gasteiger partial charge in [-0.1, -0.05) is 6.07 Å². The Morgan fingerprint density at radius 3 is 2.60 bits per heavy atom. The molecule has 5 heteroatoms. The van der Waals surface area contributed by atoms with Gasteiger partial charge in [0.1, 0.15) is 17.0 Å². The highest BCUT2D eigenvalue weighted by Gasteiger charge is 2.14. The molecule has 0 aliphatic carbocycles. The quantitative estimate of drug-likeness (QED) is 0.871. The molecule has 104 valence electrons. The molecule has 2 aromatic rings. The maximum absolute atomic E-state index is 12.4. The van der Waals surface area contributed by atoms with Gasteiger partial charge >= 0.3 is 0 Å². The van der Waals surface area contributed by atoms with E-state index in [-0.39, 0.29) is 11.7 Å². The third-order valence-corrected chi connectivity index (χ3v) is 3.07. The van der Waals surface area contributed by atoms with Gasteiger partial charge in [-0.25, -0.2) is 0 Å². The zero-order valence-corrected chi connectivity index (χ0v) is 12.5. The van der Waals surface area contributed by atoms with Gasteiger partial charge < -0.3 is 14.7 Å². The minimum absolute atomic E-state index is 0.143. The first-order valence-corrected chi connectivity index (χ1v) is 7.10. The van der Waals surface area contributed by atoms with Crippen LogP contribution in [0, 0.1) is 0 Å². The summed E-state index contributed by atoms with van der Waals surface area (Å²) in [6.07, 6.45) is 0. The van der Waals surface area contributed by atoms with E-state index in [1.807, 2.05) is 0 Å². The summed E-state index contributed by atoms with van der Waals surface area (Å²) in [7, 11) is 1.69. The van der Waals surface area contributed by atoms with Crippen molar-refractivity contribution >= 4 is 27.5 Å². The number of ether oxygens (including phenoxy) is 1. The molecule has 1 amide bonds. The standard InChI is InChI=1S/C15H14BrNO3/c1-17(12-5-7-13(18)8-6-12)15(19)11-3-2-4-14(9-11)20-10-16/h2-9,18H,10H2,1H3. The SMILES string of the molecule is CN(C(=O)c1cccc(OCBr)c1)c1ccc(O)cc1. The molecular formula is C15H14BrNO3. The first-order chi connectivity index (χ1) is 9.61. The van der Waals surface area contributed by atoms with Crippen molar-refractivity contribution in [2.45, 2.75) is 0 Å². The minimum Gasteiger partial charge on any atom is -0.508 e. The van der Waals surface area contributed by atoms with Crippen LogP contribution in [-0.4, -0.2) is 23.6 Å². The Morgan fingerprint density at radius 2 is 1.95 bits per heavy atom. The summed E-state index contributed by atoms with van der Waals surface area (Å²) in [4.78, 5) is 13.9. The lowest BCUT2D eigenvalue weighted by atomic mass is 10.1. The van der Waals surface area contributed by atoms with Gasteiger partial charge in [0.05, 0.1) is 0 Å². The summed E-state index contributed by atoms with van der Waals surface area (Å²) >= 11 is 3.18. The minimum atomic E-state index is -0.143. The first kappa shape index (κ1) is 14.4. The van der Waals surface area contributed by atoms with Crippen LogP contribution in [-0.2, 0) is 0 Å². The molecule has 2 aromatic carbocycles. The second-order valence-electron chi connectivity index (χ2n) is 4.16. The van der Waals surface area contributed by atoms with Gasteiger partial charge in [0.15, 0.2) is 0 Å². The van der Waals surface area contributed by atoms with E-state index < -0.39 is 0 Å². The fourth-order valence-electron chi connectivity index (χ4n) is 1.77. The van der Waals surface area contributed by atoms with E-state index >= 15 is 0 Å². The maximum Gasteiger partial charge on any atom is 0.258 e. The number of carbonyl (C=O) groups is 1. The lowest BCUT2D eigenvalue weighted by Crippen LogP contribution is -2.26. The third-order valence-electron chi connectivity index (χ3n) is 2.84. The van der Waals surface area contributed by atoms with Gasteiger partial charge in [0.25, 0.3) is 5.91 Å². The number of benzene rings is 2. The topological polar surface area (TPSA) is 49.8 Å². The van der Waals surface area contributed by atoms with Crippen LogP contribution in [0.4, 0.5) is 5.69 Å². The molecule has 0 saturated carbocycles. The summed E-state index contributed by atoms with van der Waals surface area (Å²) < 4.78 is 5.31. The van der Waals surface area contributed by atoms with Gasteiger partial charge in [-0.05, 0) is 58.4 Å². The highest BCUT2D eigenvalue weighted by molar-refractivity contribution is 9.09. The van der Waals surface area contributed by atoms with E-state index in [1.165, 1.54) is 4.90 Å². The number of phenolic OH excluding ortho intramolecular Hbond substituents is 1. The molecule has 0 aliphatic rings. The fraction of sp³-hybridized carbons (Fsp3) is 0.133. The number of hydrogen-bond donors (Lipinski definition) is 1. The predicted molar refractivity (Wildman–Crippen MR) is 81.7 cm³/mol. The number of alkyl halides is 1. The number of anilines is 1. The molecule has 0 heterocycles. The van der Waals surface area contributed by atoms with E-state index in [4.69, 9.17) is 4.74 Å². The van der Waals surface area contributed by atoms with Crippen molar-refractivity contribution in [3.05, 3.63) is 54.1 Å². The summed E-state index contributed by atoms with van der Waals surface area (Å²) in [5, 5.41) is 9.27. The van der Waals surface area contributed by atoms with Crippen molar-refractivity contribution in [3.8, 4) is 11.5 Å².